The van der Waals surface area contributed by atoms with E-state index in [0.29, 0.717) is 5.56 Å². The summed E-state index contributed by atoms with van der Waals surface area (Å²) in [6, 6.07) is 7.78. The van der Waals surface area contributed by atoms with Gasteiger partial charge in [0.25, 0.3) is 0 Å². The van der Waals surface area contributed by atoms with E-state index in [1.807, 2.05) is 0 Å². The Labute approximate surface area is 120 Å². The molecule has 0 spiro atoms. The highest BCUT2D eigenvalue weighted by molar-refractivity contribution is 5.32. The maximum Gasteiger partial charge on any atom is 0.165 e. The van der Waals surface area contributed by atoms with Crippen molar-refractivity contribution in [2.24, 2.45) is 0 Å². The fraction of sp³-hybridized carbons (Fsp3) is 0.250. The lowest BCUT2D eigenvalue weighted by atomic mass is 9.88. The van der Waals surface area contributed by atoms with Crippen molar-refractivity contribution in [3.05, 3.63) is 65.0 Å². The highest BCUT2D eigenvalue weighted by Crippen LogP contribution is 2.29. The first-order chi connectivity index (χ1) is 9.85. The molecule has 0 amide bonds. The highest BCUT2D eigenvalue weighted by Gasteiger charge is 2.28. The van der Waals surface area contributed by atoms with Crippen molar-refractivity contribution in [2.75, 3.05) is 7.11 Å². The minimum absolute atomic E-state index is 0.0612. The van der Waals surface area contributed by atoms with Crippen LogP contribution in [0, 0.1) is 17.5 Å². The average molecular weight is 296 g/mol. The van der Waals surface area contributed by atoms with E-state index in [4.69, 9.17) is 4.74 Å². The summed E-state index contributed by atoms with van der Waals surface area (Å²) < 4.78 is 45.5. The summed E-state index contributed by atoms with van der Waals surface area (Å²) >= 11 is 0. The molecule has 5 heteroatoms. The maximum absolute atomic E-state index is 13.8. The quantitative estimate of drug-likeness (QED) is 0.934. The molecule has 0 heterocycles. The van der Waals surface area contributed by atoms with E-state index in [2.05, 4.69) is 0 Å². The molecule has 0 saturated carbocycles. The van der Waals surface area contributed by atoms with Gasteiger partial charge in [-0.25, -0.2) is 13.2 Å². The third-order valence-electron chi connectivity index (χ3n) is 3.30. The molecule has 1 unspecified atom stereocenters. The summed E-state index contributed by atoms with van der Waals surface area (Å²) in [7, 11) is 1.34. The van der Waals surface area contributed by atoms with Crippen molar-refractivity contribution in [1.82, 2.24) is 0 Å². The van der Waals surface area contributed by atoms with Crippen molar-refractivity contribution in [2.45, 2.75) is 18.9 Å². The van der Waals surface area contributed by atoms with Crippen molar-refractivity contribution in [1.29, 1.82) is 0 Å². The number of hydrogen-bond donors (Lipinski definition) is 1. The summed E-state index contributed by atoms with van der Waals surface area (Å²) in [5, 5.41) is 10.4. The van der Waals surface area contributed by atoms with Crippen LogP contribution >= 0.6 is 0 Å². The summed E-state index contributed by atoms with van der Waals surface area (Å²) in [5.74, 6) is -2.63. The zero-order valence-electron chi connectivity index (χ0n) is 11.7. The second-order valence-corrected chi connectivity index (χ2v) is 5.02. The first-order valence-corrected chi connectivity index (χ1v) is 6.34. The molecule has 1 atom stereocenters. The highest BCUT2D eigenvalue weighted by atomic mass is 19.2. The Morgan fingerprint density at radius 3 is 2.43 bits per heavy atom. The fourth-order valence-corrected chi connectivity index (χ4v) is 2.23. The van der Waals surface area contributed by atoms with E-state index in [-0.39, 0.29) is 17.7 Å². The average Bonchev–Trinajstić information content (AvgIpc) is 2.41. The first-order valence-electron chi connectivity index (χ1n) is 6.34. The lowest BCUT2D eigenvalue weighted by molar-refractivity contribution is 0.0529. The molecule has 112 valence electrons. The van der Waals surface area contributed by atoms with Gasteiger partial charge in [0.15, 0.2) is 23.2 Å². The Balaban J connectivity index is 2.32. The van der Waals surface area contributed by atoms with Gasteiger partial charge >= 0.3 is 0 Å². The SMILES string of the molecule is COc1ccc(CC(C)(O)c2cccc(F)c2F)cc1F. The molecule has 0 aliphatic rings. The Kier molecular flexibility index (Phi) is 4.23. The minimum Gasteiger partial charge on any atom is -0.494 e. The fourth-order valence-electron chi connectivity index (χ4n) is 2.23. The van der Waals surface area contributed by atoms with Gasteiger partial charge in [0.2, 0.25) is 0 Å². The van der Waals surface area contributed by atoms with Crippen LogP contribution in [0.2, 0.25) is 0 Å². The number of halogens is 3. The number of hydrogen-bond acceptors (Lipinski definition) is 2. The van der Waals surface area contributed by atoms with Crippen molar-refractivity contribution < 1.29 is 23.0 Å². The zero-order chi connectivity index (χ0) is 15.6. The van der Waals surface area contributed by atoms with Crippen LogP contribution in [0.5, 0.6) is 5.75 Å². The molecule has 0 aromatic heterocycles. The number of aliphatic hydroxyl groups is 1. The van der Waals surface area contributed by atoms with Gasteiger partial charge in [-0.3, -0.25) is 0 Å². The van der Waals surface area contributed by atoms with E-state index in [1.54, 1.807) is 6.07 Å². The van der Waals surface area contributed by atoms with Gasteiger partial charge in [0.05, 0.1) is 12.7 Å². The van der Waals surface area contributed by atoms with Crippen LogP contribution in [-0.2, 0) is 12.0 Å². The topological polar surface area (TPSA) is 29.5 Å². The Bertz CT molecular complexity index is 654. The van der Waals surface area contributed by atoms with E-state index in [0.717, 1.165) is 6.07 Å². The Morgan fingerprint density at radius 2 is 1.81 bits per heavy atom. The minimum atomic E-state index is -1.66. The molecule has 0 fully saturated rings. The van der Waals surface area contributed by atoms with Crippen LogP contribution in [0.1, 0.15) is 18.1 Å². The number of benzene rings is 2. The lowest BCUT2D eigenvalue weighted by Gasteiger charge is -2.24. The first kappa shape index (κ1) is 15.4. The van der Waals surface area contributed by atoms with Crippen LogP contribution in [0.25, 0.3) is 0 Å². The monoisotopic (exact) mass is 296 g/mol. The van der Waals surface area contributed by atoms with Gasteiger partial charge in [-0.1, -0.05) is 18.2 Å². The van der Waals surface area contributed by atoms with Gasteiger partial charge in [0.1, 0.15) is 0 Å². The van der Waals surface area contributed by atoms with E-state index in [9.17, 15) is 18.3 Å². The predicted octanol–water partition coefficient (Wildman–Crippen LogP) is 3.56. The van der Waals surface area contributed by atoms with E-state index in [1.165, 1.54) is 38.3 Å². The molecule has 21 heavy (non-hydrogen) atoms. The van der Waals surface area contributed by atoms with E-state index < -0.39 is 23.1 Å². The van der Waals surface area contributed by atoms with Crippen LogP contribution in [0.4, 0.5) is 13.2 Å². The standard InChI is InChI=1S/C16H15F3O2/c1-16(20,11-4-3-5-12(17)15(11)19)9-10-6-7-14(21-2)13(18)8-10/h3-8,20H,9H2,1-2H3. The molecular formula is C16H15F3O2. The second kappa shape index (κ2) is 5.77. The molecule has 2 aromatic carbocycles. The van der Waals surface area contributed by atoms with Crippen LogP contribution in [0.15, 0.2) is 36.4 Å². The van der Waals surface area contributed by atoms with Crippen molar-refractivity contribution in [3.63, 3.8) is 0 Å². The van der Waals surface area contributed by atoms with E-state index >= 15 is 0 Å². The maximum atomic E-state index is 13.8. The summed E-state index contributed by atoms with van der Waals surface area (Å²) in [5.41, 5.74) is -1.38. The molecule has 2 aromatic rings. The number of ether oxygens (including phenoxy) is 1. The van der Waals surface area contributed by atoms with Crippen LogP contribution < -0.4 is 4.74 Å². The smallest absolute Gasteiger partial charge is 0.165 e. The van der Waals surface area contributed by atoms with Crippen molar-refractivity contribution in [3.8, 4) is 5.75 Å². The Hall–Kier alpha value is -2.01. The third kappa shape index (κ3) is 3.19. The zero-order valence-corrected chi connectivity index (χ0v) is 11.7. The summed E-state index contributed by atoms with van der Waals surface area (Å²) in [4.78, 5) is 0. The second-order valence-electron chi connectivity index (χ2n) is 5.02. The molecule has 2 rings (SSSR count). The normalized spacial score (nSPS) is 13.8. The number of methoxy groups -OCH3 is 1. The molecule has 0 saturated heterocycles. The largest absolute Gasteiger partial charge is 0.494 e. The van der Waals surface area contributed by atoms with Gasteiger partial charge in [-0.2, -0.15) is 0 Å². The van der Waals surface area contributed by atoms with Crippen LogP contribution in [0.3, 0.4) is 0 Å². The molecule has 0 aliphatic heterocycles. The van der Waals surface area contributed by atoms with Gasteiger partial charge in [-0.15, -0.1) is 0 Å². The molecule has 0 bridgehead atoms. The third-order valence-corrected chi connectivity index (χ3v) is 3.30. The van der Waals surface area contributed by atoms with Gasteiger partial charge in [0, 0.05) is 12.0 Å². The van der Waals surface area contributed by atoms with Crippen molar-refractivity contribution >= 4 is 0 Å². The summed E-state index contributed by atoms with van der Waals surface area (Å²) in [6.45, 7) is 1.35. The predicted molar refractivity (Wildman–Crippen MR) is 72.6 cm³/mol. The van der Waals surface area contributed by atoms with Gasteiger partial charge < -0.3 is 9.84 Å². The molecule has 0 radical (unpaired) electrons. The van der Waals surface area contributed by atoms with Gasteiger partial charge in [-0.05, 0) is 30.7 Å². The molecule has 1 N–H and O–H groups in total. The molecule has 2 nitrogen and oxygen atoms in total. The van der Waals surface area contributed by atoms with Crippen LogP contribution in [-0.4, -0.2) is 12.2 Å². The Morgan fingerprint density at radius 1 is 1.10 bits per heavy atom. The summed E-state index contributed by atoms with van der Waals surface area (Å²) in [6.07, 6.45) is -0.0612. The lowest BCUT2D eigenvalue weighted by Crippen LogP contribution is -2.26. The molecule has 0 aliphatic carbocycles. The molecular weight excluding hydrogens is 281 g/mol. The number of rotatable bonds is 4.